The van der Waals surface area contributed by atoms with E-state index in [4.69, 9.17) is 4.74 Å². The summed E-state index contributed by atoms with van der Waals surface area (Å²) in [5.41, 5.74) is 1.01. The van der Waals surface area contributed by atoms with Crippen LogP contribution in [0.2, 0.25) is 0 Å². The van der Waals surface area contributed by atoms with Crippen LogP contribution < -0.4 is 13.9 Å². The van der Waals surface area contributed by atoms with E-state index < -0.39 is 11.6 Å². The maximum absolute atomic E-state index is 14.3. The molecule has 0 aliphatic carbocycles. The molecule has 2 aliphatic rings. The Labute approximate surface area is 154 Å². The van der Waals surface area contributed by atoms with Gasteiger partial charge in [0.15, 0.2) is 11.6 Å². The van der Waals surface area contributed by atoms with Gasteiger partial charge in [0.05, 0.1) is 36.2 Å². The molecule has 0 bridgehead atoms. The second-order valence-electron chi connectivity index (χ2n) is 6.17. The molecule has 4 rings (SSSR count). The topological polar surface area (TPSA) is 27.7 Å². The molecule has 4 nitrogen and oxygen atoms in total. The van der Waals surface area contributed by atoms with Crippen LogP contribution in [0.25, 0.3) is 0 Å². The molecule has 1 fully saturated rings. The molecule has 0 radical (unpaired) electrons. The van der Waals surface area contributed by atoms with Crippen molar-refractivity contribution in [2.24, 2.45) is 0 Å². The van der Waals surface area contributed by atoms with E-state index in [-0.39, 0.29) is 17.6 Å². The minimum atomic E-state index is -0.658. The normalized spacial score (nSPS) is 19.7. The average molecular weight is 381 g/mol. The number of nitrogens with one attached hydrogen (secondary N) is 1. The number of nitrogens with zero attached hydrogens (tertiary/aromatic N) is 2. The summed E-state index contributed by atoms with van der Waals surface area (Å²) in [6, 6.07) is 7.98. The number of hydrogen-bond acceptors (Lipinski definition) is 5. The van der Waals surface area contributed by atoms with Gasteiger partial charge in [-0.05, 0) is 30.7 Å². The summed E-state index contributed by atoms with van der Waals surface area (Å²) in [7, 11) is 0. The molecule has 0 saturated carbocycles. The average Bonchev–Trinajstić information content (AvgIpc) is 2.98. The van der Waals surface area contributed by atoms with Crippen LogP contribution in [0.15, 0.2) is 36.4 Å². The van der Waals surface area contributed by atoms with Gasteiger partial charge in [0.25, 0.3) is 0 Å². The van der Waals surface area contributed by atoms with Crippen molar-refractivity contribution in [3.05, 3.63) is 53.8 Å². The highest BCUT2D eigenvalue weighted by atomic mass is 32.2. The Hall–Kier alpha value is -1.90. The van der Waals surface area contributed by atoms with Gasteiger partial charge in [0.2, 0.25) is 0 Å². The molecular weight excluding hydrogens is 363 g/mol. The molecule has 2 aromatic carbocycles. The van der Waals surface area contributed by atoms with Crippen LogP contribution >= 0.6 is 12.1 Å². The van der Waals surface area contributed by atoms with Crippen molar-refractivity contribution < 1.29 is 17.9 Å². The zero-order valence-corrected chi connectivity index (χ0v) is 14.7. The fourth-order valence-corrected chi connectivity index (χ4v) is 4.24. The third-order valence-corrected chi connectivity index (χ3v) is 5.52. The quantitative estimate of drug-likeness (QED) is 0.808. The summed E-state index contributed by atoms with van der Waals surface area (Å²) in [6.07, 6.45) is 0.796. The van der Waals surface area contributed by atoms with E-state index in [1.54, 1.807) is 6.07 Å². The second kappa shape index (κ2) is 7.38. The van der Waals surface area contributed by atoms with Crippen LogP contribution in [0.5, 0.6) is 0 Å². The summed E-state index contributed by atoms with van der Waals surface area (Å²) < 4.78 is 51.3. The molecule has 8 heteroatoms. The van der Waals surface area contributed by atoms with E-state index >= 15 is 0 Å². The summed E-state index contributed by atoms with van der Waals surface area (Å²) in [5, 5.41) is 3.27. The summed E-state index contributed by atoms with van der Waals surface area (Å²) >= 11 is 1.16. The molecule has 26 heavy (non-hydrogen) atoms. The van der Waals surface area contributed by atoms with Crippen molar-refractivity contribution in [3.63, 3.8) is 0 Å². The van der Waals surface area contributed by atoms with Crippen LogP contribution in [0.3, 0.4) is 0 Å². The molecule has 2 aliphatic heterocycles. The fraction of sp³-hybridized carbons (Fsp3) is 0.333. The lowest BCUT2D eigenvalue weighted by molar-refractivity contribution is 0.0254. The van der Waals surface area contributed by atoms with E-state index in [0.717, 1.165) is 31.6 Å². The Morgan fingerprint density at radius 3 is 2.65 bits per heavy atom. The highest BCUT2D eigenvalue weighted by molar-refractivity contribution is 8.02. The molecule has 0 aromatic heterocycles. The predicted octanol–water partition coefficient (Wildman–Crippen LogP) is 4.00. The van der Waals surface area contributed by atoms with Gasteiger partial charge in [-0.1, -0.05) is 6.07 Å². The first-order chi connectivity index (χ1) is 12.6. The third kappa shape index (κ3) is 3.36. The van der Waals surface area contributed by atoms with Crippen LogP contribution in [0.1, 0.15) is 6.42 Å². The Morgan fingerprint density at radius 1 is 1.12 bits per heavy atom. The van der Waals surface area contributed by atoms with E-state index in [2.05, 4.69) is 5.32 Å². The number of para-hydroxylation sites is 1. The van der Waals surface area contributed by atoms with Crippen molar-refractivity contribution in [2.45, 2.75) is 12.5 Å². The summed E-state index contributed by atoms with van der Waals surface area (Å²) in [5.74, 6) is -1.70. The van der Waals surface area contributed by atoms with Crippen molar-refractivity contribution in [1.29, 1.82) is 0 Å². The van der Waals surface area contributed by atoms with Crippen LogP contribution in [0.4, 0.5) is 30.2 Å². The van der Waals surface area contributed by atoms with Gasteiger partial charge in [-0.2, -0.15) is 0 Å². The van der Waals surface area contributed by atoms with Crippen molar-refractivity contribution in [2.75, 3.05) is 34.9 Å². The summed E-state index contributed by atoms with van der Waals surface area (Å²) in [4.78, 5) is 0. The SMILES string of the molecule is Fc1ccc2c(c1)N(CC[C@H]1CNCCO1)SN2c1c(F)cccc1F. The van der Waals surface area contributed by atoms with Crippen molar-refractivity contribution in [1.82, 2.24) is 5.32 Å². The Kier molecular flexibility index (Phi) is 4.97. The molecule has 1 atom stereocenters. The number of fused-ring (bicyclic) bond motifs is 1. The lowest BCUT2D eigenvalue weighted by Crippen LogP contribution is -2.39. The first-order valence-corrected chi connectivity index (χ1v) is 9.18. The second-order valence-corrected chi connectivity index (χ2v) is 7.14. The number of morpholine rings is 1. The number of ether oxygens (including phenoxy) is 1. The van der Waals surface area contributed by atoms with E-state index in [0.29, 0.717) is 24.5 Å². The van der Waals surface area contributed by atoms with Crippen LogP contribution in [0, 0.1) is 17.5 Å². The number of anilines is 3. The van der Waals surface area contributed by atoms with Crippen LogP contribution in [-0.2, 0) is 4.74 Å². The largest absolute Gasteiger partial charge is 0.376 e. The van der Waals surface area contributed by atoms with Gasteiger partial charge < -0.3 is 10.1 Å². The molecule has 1 N–H and O–H groups in total. The van der Waals surface area contributed by atoms with Gasteiger partial charge in [-0.3, -0.25) is 8.61 Å². The number of hydrogen-bond donors (Lipinski definition) is 1. The lowest BCUT2D eigenvalue weighted by Gasteiger charge is -2.26. The zero-order valence-electron chi connectivity index (χ0n) is 13.9. The van der Waals surface area contributed by atoms with E-state index in [1.807, 2.05) is 4.31 Å². The first kappa shape index (κ1) is 17.5. The number of rotatable bonds is 4. The summed E-state index contributed by atoms with van der Waals surface area (Å²) in [6.45, 7) is 2.83. The van der Waals surface area contributed by atoms with Crippen molar-refractivity contribution >= 4 is 29.2 Å². The Morgan fingerprint density at radius 2 is 1.92 bits per heavy atom. The minimum Gasteiger partial charge on any atom is -0.376 e. The van der Waals surface area contributed by atoms with Gasteiger partial charge in [0.1, 0.15) is 11.5 Å². The standard InChI is InChI=1S/C18H18F3N3OS/c19-12-4-5-16-17(10-12)23(8-6-13-11-22-7-9-25-13)26-24(16)18-14(20)2-1-3-15(18)21/h1-5,10,13,22H,6-9,11H2/t13-/m0/s1. The smallest absolute Gasteiger partial charge is 0.150 e. The van der Waals surface area contributed by atoms with Crippen LogP contribution in [-0.4, -0.2) is 32.3 Å². The highest BCUT2D eigenvalue weighted by Gasteiger charge is 2.32. The Bertz CT molecular complexity index is 781. The van der Waals surface area contributed by atoms with Gasteiger partial charge in [-0.25, -0.2) is 13.2 Å². The molecule has 138 valence electrons. The third-order valence-electron chi connectivity index (χ3n) is 4.40. The number of halogens is 3. The molecule has 0 unspecified atom stereocenters. The first-order valence-electron chi connectivity index (χ1n) is 8.45. The fourth-order valence-electron chi connectivity index (χ4n) is 3.13. The lowest BCUT2D eigenvalue weighted by atomic mass is 10.2. The van der Waals surface area contributed by atoms with Gasteiger partial charge >= 0.3 is 0 Å². The van der Waals surface area contributed by atoms with E-state index in [1.165, 1.54) is 34.6 Å². The van der Waals surface area contributed by atoms with Gasteiger partial charge in [0, 0.05) is 25.7 Å². The minimum absolute atomic E-state index is 0.0700. The zero-order chi connectivity index (χ0) is 18.1. The van der Waals surface area contributed by atoms with Crippen molar-refractivity contribution in [3.8, 4) is 0 Å². The van der Waals surface area contributed by atoms with Gasteiger partial charge in [-0.15, -0.1) is 0 Å². The molecule has 2 aromatic rings. The maximum atomic E-state index is 14.3. The molecule has 2 heterocycles. The molecule has 0 spiro atoms. The molecular formula is C18H18F3N3OS. The monoisotopic (exact) mass is 381 g/mol. The highest BCUT2D eigenvalue weighted by Crippen LogP contribution is 2.50. The maximum Gasteiger partial charge on any atom is 0.150 e. The number of benzene rings is 2. The molecule has 0 amide bonds. The van der Waals surface area contributed by atoms with E-state index in [9.17, 15) is 13.2 Å². The predicted molar refractivity (Wildman–Crippen MR) is 97.1 cm³/mol. The Balaban J connectivity index is 1.61. The molecule has 1 saturated heterocycles.